The van der Waals surface area contributed by atoms with Gasteiger partial charge >= 0.3 is 0 Å². The fourth-order valence-corrected chi connectivity index (χ4v) is 3.92. The molecule has 0 atom stereocenters. The van der Waals surface area contributed by atoms with Gasteiger partial charge in [-0.25, -0.2) is 0 Å². The number of nitrogens with zero attached hydrogens (tertiary/aromatic N) is 4. The monoisotopic (exact) mass is 498 g/mol. The number of thioether (sulfide) groups is 1. The zero-order valence-electron chi connectivity index (χ0n) is 19.8. The van der Waals surface area contributed by atoms with Gasteiger partial charge in [0.05, 0.1) is 22.9 Å². The summed E-state index contributed by atoms with van der Waals surface area (Å²) in [6.45, 7) is 5.62. The molecular formula is C23H26N6O5S. The second kappa shape index (κ2) is 11.5. The van der Waals surface area contributed by atoms with Crippen LogP contribution in [-0.4, -0.2) is 43.9 Å². The maximum atomic E-state index is 12.4. The summed E-state index contributed by atoms with van der Waals surface area (Å²) >= 11 is 1.16. The number of non-ortho nitro benzene ring substituents is 1. The number of hydrogen-bond donors (Lipinski definition) is 2. The minimum Gasteiger partial charge on any atom is -0.483 e. The maximum absolute atomic E-state index is 12.4. The van der Waals surface area contributed by atoms with Crippen LogP contribution >= 0.6 is 11.8 Å². The third kappa shape index (κ3) is 6.79. The van der Waals surface area contributed by atoms with E-state index in [0.717, 1.165) is 22.9 Å². The molecule has 0 saturated heterocycles. The molecule has 184 valence electrons. The highest BCUT2D eigenvalue weighted by molar-refractivity contribution is 7.99. The van der Waals surface area contributed by atoms with Crippen molar-refractivity contribution in [2.75, 3.05) is 17.7 Å². The minimum atomic E-state index is -0.514. The van der Waals surface area contributed by atoms with E-state index in [1.165, 1.54) is 12.1 Å². The Balaban J connectivity index is 1.49. The molecule has 0 aliphatic rings. The van der Waals surface area contributed by atoms with Crippen LogP contribution in [0.15, 0.2) is 41.6 Å². The standard InChI is InChI=1S/C23H26N6O5S/c1-14-8-9-17(29(32)33)10-18(14)25-21(31)13-35-23-27-26-19(28(23)4)11-24-20(30)12-34-22-15(2)6-5-7-16(22)3/h5-10H,11-13H2,1-4H3,(H,24,30)(H,25,31). The van der Waals surface area contributed by atoms with Crippen LogP contribution in [0.25, 0.3) is 0 Å². The van der Waals surface area contributed by atoms with E-state index in [9.17, 15) is 19.7 Å². The lowest BCUT2D eigenvalue weighted by Crippen LogP contribution is -2.29. The van der Waals surface area contributed by atoms with E-state index in [1.54, 1.807) is 24.6 Å². The topological polar surface area (TPSA) is 141 Å². The molecule has 1 aromatic heterocycles. The molecule has 0 radical (unpaired) electrons. The minimum absolute atomic E-state index is 0.0318. The van der Waals surface area contributed by atoms with Gasteiger partial charge in [-0.2, -0.15) is 0 Å². The Morgan fingerprint density at radius 2 is 1.80 bits per heavy atom. The Morgan fingerprint density at radius 3 is 2.49 bits per heavy atom. The molecule has 11 nitrogen and oxygen atoms in total. The smallest absolute Gasteiger partial charge is 0.271 e. The second-order valence-electron chi connectivity index (χ2n) is 7.84. The van der Waals surface area contributed by atoms with Crippen molar-refractivity contribution in [1.82, 2.24) is 20.1 Å². The SMILES string of the molecule is Cc1ccc([N+](=O)[O-])cc1NC(=O)CSc1nnc(CNC(=O)COc2c(C)cccc2C)n1C. The van der Waals surface area contributed by atoms with E-state index in [4.69, 9.17) is 4.74 Å². The molecular weight excluding hydrogens is 472 g/mol. The van der Waals surface area contributed by atoms with Crippen LogP contribution in [0.4, 0.5) is 11.4 Å². The first-order valence-electron chi connectivity index (χ1n) is 10.7. The predicted octanol–water partition coefficient (Wildman–Crippen LogP) is 3.07. The molecule has 2 aromatic carbocycles. The Morgan fingerprint density at radius 1 is 1.09 bits per heavy atom. The van der Waals surface area contributed by atoms with Crippen LogP contribution in [0.3, 0.4) is 0 Å². The summed E-state index contributed by atoms with van der Waals surface area (Å²) in [5.41, 5.74) is 2.91. The number of rotatable bonds is 10. The van der Waals surface area contributed by atoms with E-state index >= 15 is 0 Å². The lowest BCUT2D eigenvalue weighted by molar-refractivity contribution is -0.384. The summed E-state index contributed by atoms with van der Waals surface area (Å²) < 4.78 is 7.34. The van der Waals surface area contributed by atoms with E-state index in [1.807, 2.05) is 32.0 Å². The molecule has 12 heteroatoms. The Kier molecular flexibility index (Phi) is 8.42. The number of benzene rings is 2. The van der Waals surface area contributed by atoms with Gasteiger partial charge < -0.3 is 19.9 Å². The molecule has 0 bridgehead atoms. The Hall–Kier alpha value is -3.93. The number of nitro benzene ring substituents is 1. The number of para-hydroxylation sites is 1. The molecule has 0 spiro atoms. The molecule has 0 aliphatic carbocycles. The normalized spacial score (nSPS) is 10.6. The van der Waals surface area contributed by atoms with Gasteiger partial charge in [-0.15, -0.1) is 10.2 Å². The van der Waals surface area contributed by atoms with Gasteiger partial charge in [0.15, 0.2) is 17.6 Å². The first kappa shape index (κ1) is 25.7. The van der Waals surface area contributed by atoms with Gasteiger partial charge in [0, 0.05) is 19.2 Å². The van der Waals surface area contributed by atoms with Crippen molar-refractivity contribution in [3.8, 4) is 5.75 Å². The first-order chi connectivity index (χ1) is 16.7. The maximum Gasteiger partial charge on any atom is 0.271 e. The number of nitrogens with one attached hydrogen (secondary N) is 2. The molecule has 0 aliphatic heterocycles. The van der Waals surface area contributed by atoms with Crippen molar-refractivity contribution >= 4 is 35.0 Å². The molecule has 3 rings (SSSR count). The average molecular weight is 499 g/mol. The number of carbonyl (C=O) groups excluding carboxylic acids is 2. The van der Waals surface area contributed by atoms with Crippen LogP contribution in [0.2, 0.25) is 0 Å². The zero-order chi connectivity index (χ0) is 25.5. The van der Waals surface area contributed by atoms with Gasteiger partial charge in [-0.05, 0) is 37.5 Å². The van der Waals surface area contributed by atoms with Gasteiger partial charge in [0.25, 0.3) is 11.6 Å². The van der Waals surface area contributed by atoms with E-state index < -0.39 is 4.92 Å². The van der Waals surface area contributed by atoms with Crippen molar-refractivity contribution < 1.29 is 19.2 Å². The fourth-order valence-electron chi connectivity index (χ4n) is 3.19. The van der Waals surface area contributed by atoms with Gasteiger partial charge in [0.1, 0.15) is 5.75 Å². The lowest BCUT2D eigenvalue weighted by Gasteiger charge is -2.12. The number of amides is 2. The summed E-state index contributed by atoms with van der Waals surface area (Å²) in [6.07, 6.45) is 0. The summed E-state index contributed by atoms with van der Waals surface area (Å²) in [7, 11) is 1.74. The lowest BCUT2D eigenvalue weighted by atomic mass is 10.1. The van der Waals surface area contributed by atoms with E-state index in [2.05, 4.69) is 20.8 Å². The highest BCUT2D eigenvalue weighted by atomic mass is 32.2. The molecule has 2 N–H and O–H groups in total. The molecule has 35 heavy (non-hydrogen) atoms. The van der Waals surface area contributed by atoms with Crippen LogP contribution in [0.1, 0.15) is 22.5 Å². The second-order valence-corrected chi connectivity index (χ2v) is 8.78. The number of carbonyl (C=O) groups is 2. The Bertz CT molecular complexity index is 1240. The van der Waals surface area contributed by atoms with Crippen LogP contribution in [0, 0.1) is 30.9 Å². The molecule has 0 fully saturated rings. The number of anilines is 1. The number of aromatic nitrogens is 3. The summed E-state index contributed by atoms with van der Waals surface area (Å²) in [5, 5.41) is 25.0. The summed E-state index contributed by atoms with van der Waals surface area (Å²) in [5.74, 6) is 0.613. The molecule has 0 unspecified atom stereocenters. The Labute approximate surface area is 206 Å². The number of hydrogen-bond acceptors (Lipinski definition) is 8. The van der Waals surface area contributed by atoms with E-state index in [0.29, 0.717) is 28.0 Å². The largest absolute Gasteiger partial charge is 0.483 e. The predicted molar refractivity (Wildman–Crippen MR) is 131 cm³/mol. The zero-order valence-corrected chi connectivity index (χ0v) is 20.6. The van der Waals surface area contributed by atoms with Crippen molar-refractivity contribution in [3.05, 3.63) is 69.0 Å². The molecule has 2 amide bonds. The molecule has 3 aromatic rings. The van der Waals surface area contributed by atoms with Gasteiger partial charge in [0.2, 0.25) is 5.91 Å². The number of aryl methyl sites for hydroxylation is 3. The third-order valence-electron chi connectivity index (χ3n) is 5.16. The average Bonchev–Trinajstić information content (AvgIpc) is 3.16. The molecule has 0 saturated carbocycles. The first-order valence-corrected chi connectivity index (χ1v) is 11.7. The van der Waals surface area contributed by atoms with Gasteiger partial charge in [-0.1, -0.05) is 36.0 Å². The van der Waals surface area contributed by atoms with Crippen LogP contribution in [0.5, 0.6) is 5.75 Å². The highest BCUT2D eigenvalue weighted by Gasteiger charge is 2.15. The van der Waals surface area contributed by atoms with Crippen molar-refractivity contribution in [1.29, 1.82) is 0 Å². The van der Waals surface area contributed by atoms with Crippen LogP contribution in [-0.2, 0) is 23.2 Å². The van der Waals surface area contributed by atoms with Crippen molar-refractivity contribution in [3.63, 3.8) is 0 Å². The van der Waals surface area contributed by atoms with Crippen molar-refractivity contribution in [2.24, 2.45) is 7.05 Å². The summed E-state index contributed by atoms with van der Waals surface area (Å²) in [4.78, 5) is 35.0. The summed E-state index contributed by atoms with van der Waals surface area (Å²) in [6, 6.07) is 10.1. The number of nitro groups is 1. The van der Waals surface area contributed by atoms with Gasteiger partial charge in [-0.3, -0.25) is 19.7 Å². The third-order valence-corrected chi connectivity index (χ3v) is 6.18. The van der Waals surface area contributed by atoms with E-state index in [-0.39, 0.29) is 36.4 Å². The van der Waals surface area contributed by atoms with Crippen molar-refractivity contribution in [2.45, 2.75) is 32.5 Å². The fraction of sp³-hybridized carbons (Fsp3) is 0.304. The number of ether oxygens (including phenoxy) is 1. The molecule has 1 heterocycles. The van der Waals surface area contributed by atoms with Crippen LogP contribution < -0.4 is 15.4 Å². The highest BCUT2D eigenvalue weighted by Crippen LogP contribution is 2.23. The quantitative estimate of drug-likeness (QED) is 0.247.